The Balaban J connectivity index is 2.27. The number of rotatable bonds is 2. The van der Waals surface area contributed by atoms with Crippen molar-refractivity contribution in [3.63, 3.8) is 0 Å². The van der Waals surface area contributed by atoms with E-state index in [1.54, 1.807) is 0 Å². The first kappa shape index (κ1) is 6.34. The lowest BCUT2D eigenvalue weighted by Crippen LogP contribution is -1.75. The molecule has 0 bridgehead atoms. The van der Waals surface area contributed by atoms with Gasteiger partial charge in [-0.1, -0.05) is 27.6 Å². The molecule has 8 heavy (non-hydrogen) atoms. The summed E-state index contributed by atoms with van der Waals surface area (Å²) in [6.45, 7) is 2.17. The highest BCUT2D eigenvalue weighted by Crippen LogP contribution is 2.31. The van der Waals surface area contributed by atoms with Gasteiger partial charge in [0.25, 0.3) is 0 Å². The summed E-state index contributed by atoms with van der Waals surface area (Å²) in [7, 11) is 0. The predicted octanol–water partition coefficient (Wildman–Crippen LogP) is 2.74. The first-order valence-electron chi connectivity index (χ1n) is 3.06. The molecule has 0 unspecified atom stereocenters. The molecule has 0 aromatic carbocycles. The average molecular weight is 175 g/mol. The molecule has 1 fully saturated rings. The van der Waals surface area contributed by atoms with Crippen molar-refractivity contribution < 1.29 is 0 Å². The van der Waals surface area contributed by atoms with E-state index in [9.17, 15) is 0 Å². The second-order valence-corrected chi connectivity index (χ2v) is 3.04. The van der Waals surface area contributed by atoms with E-state index in [4.69, 9.17) is 0 Å². The van der Waals surface area contributed by atoms with Crippen LogP contribution in [0.5, 0.6) is 0 Å². The van der Waals surface area contributed by atoms with E-state index in [0.717, 1.165) is 11.2 Å². The molecule has 0 atom stereocenters. The van der Waals surface area contributed by atoms with Gasteiger partial charge in [0.2, 0.25) is 0 Å². The smallest absolute Gasteiger partial charge is 0.0239 e. The van der Waals surface area contributed by atoms with E-state index >= 15 is 0 Å². The van der Waals surface area contributed by atoms with Crippen LogP contribution in [0.15, 0.2) is 11.6 Å². The summed E-state index contributed by atoms with van der Waals surface area (Å²) >= 11 is 3.40. The molecule has 0 amide bonds. The third-order valence-corrected chi connectivity index (χ3v) is 2.24. The summed E-state index contributed by atoms with van der Waals surface area (Å²) < 4.78 is 0. The minimum atomic E-state index is 0.938. The quantitative estimate of drug-likeness (QED) is 0.447. The third-order valence-electron chi connectivity index (χ3n) is 1.35. The van der Waals surface area contributed by atoms with Crippen LogP contribution >= 0.6 is 15.9 Å². The molecule has 0 aromatic heterocycles. The van der Waals surface area contributed by atoms with Crippen molar-refractivity contribution >= 4 is 15.9 Å². The fourth-order valence-electron chi connectivity index (χ4n) is 0.710. The molecule has 1 saturated carbocycles. The number of halogens is 1. The zero-order valence-corrected chi connectivity index (χ0v) is 6.74. The lowest BCUT2D eigenvalue weighted by atomic mass is 10.2. The molecule has 46 valence electrons. The molecular formula is C7H11Br. The van der Waals surface area contributed by atoms with Gasteiger partial charge < -0.3 is 0 Å². The summed E-state index contributed by atoms with van der Waals surface area (Å²) in [6, 6.07) is 0. The SMILES string of the molecule is CC(=CC1CC1)CBr. The monoisotopic (exact) mass is 174 g/mol. The van der Waals surface area contributed by atoms with Gasteiger partial charge in [0.05, 0.1) is 0 Å². The molecule has 0 saturated heterocycles. The highest BCUT2D eigenvalue weighted by molar-refractivity contribution is 9.09. The summed E-state index contributed by atoms with van der Waals surface area (Å²) in [4.78, 5) is 0. The Morgan fingerprint density at radius 3 is 2.75 bits per heavy atom. The summed E-state index contributed by atoms with van der Waals surface area (Å²) in [5.74, 6) is 0.938. The maximum atomic E-state index is 3.40. The molecule has 0 aliphatic heterocycles. The summed E-state index contributed by atoms with van der Waals surface area (Å²) in [5.41, 5.74) is 1.48. The van der Waals surface area contributed by atoms with Crippen LogP contribution in [0.4, 0.5) is 0 Å². The highest BCUT2D eigenvalue weighted by atomic mass is 79.9. The van der Waals surface area contributed by atoms with Crippen LogP contribution in [0.2, 0.25) is 0 Å². The molecule has 0 heterocycles. The van der Waals surface area contributed by atoms with E-state index in [1.165, 1.54) is 18.4 Å². The minimum Gasteiger partial charge on any atom is -0.0880 e. The van der Waals surface area contributed by atoms with Crippen LogP contribution in [0, 0.1) is 5.92 Å². The summed E-state index contributed by atoms with van der Waals surface area (Å²) in [6.07, 6.45) is 5.21. The highest BCUT2D eigenvalue weighted by Gasteiger charge is 2.17. The Morgan fingerprint density at radius 1 is 1.75 bits per heavy atom. The maximum Gasteiger partial charge on any atom is 0.0239 e. The molecule has 0 aromatic rings. The average Bonchev–Trinajstić information content (AvgIpc) is 2.50. The standard InChI is InChI=1S/C7H11Br/c1-6(5-8)4-7-2-3-7/h4,7H,2-3,5H2,1H3. The van der Waals surface area contributed by atoms with Crippen LogP contribution in [0.1, 0.15) is 19.8 Å². The van der Waals surface area contributed by atoms with Gasteiger partial charge in [0.15, 0.2) is 0 Å². The van der Waals surface area contributed by atoms with Gasteiger partial charge in [-0.3, -0.25) is 0 Å². The van der Waals surface area contributed by atoms with Gasteiger partial charge in [0, 0.05) is 5.33 Å². The second kappa shape index (κ2) is 2.67. The summed E-state index contributed by atoms with van der Waals surface area (Å²) in [5, 5.41) is 1.05. The van der Waals surface area contributed by atoms with Gasteiger partial charge in [-0.15, -0.1) is 0 Å². The fraction of sp³-hybridized carbons (Fsp3) is 0.714. The third kappa shape index (κ3) is 1.99. The normalized spacial score (nSPS) is 21.5. The van der Waals surface area contributed by atoms with Crippen molar-refractivity contribution in [1.29, 1.82) is 0 Å². The first-order chi connectivity index (χ1) is 3.83. The van der Waals surface area contributed by atoms with Crippen LogP contribution in [-0.2, 0) is 0 Å². The van der Waals surface area contributed by atoms with E-state index in [1.807, 2.05) is 0 Å². The second-order valence-electron chi connectivity index (χ2n) is 2.48. The van der Waals surface area contributed by atoms with Crippen molar-refractivity contribution in [3.8, 4) is 0 Å². The lowest BCUT2D eigenvalue weighted by Gasteiger charge is -1.88. The fourth-order valence-corrected chi connectivity index (χ4v) is 0.897. The van der Waals surface area contributed by atoms with E-state index in [2.05, 4.69) is 28.9 Å². The van der Waals surface area contributed by atoms with Crippen LogP contribution in [0.3, 0.4) is 0 Å². The largest absolute Gasteiger partial charge is 0.0880 e. The molecule has 0 radical (unpaired) electrons. The van der Waals surface area contributed by atoms with E-state index in [0.29, 0.717) is 0 Å². The van der Waals surface area contributed by atoms with Crippen molar-refractivity contribution in [2.24, 2.45) is 5.92 Å². The zero-order valence-electron chi connectivity index (χ0n) is 5.15. The predicted molar refractivity (Wildman–Crippen MR) is 40.3 cm³/mol. The molecule has 1 aliphatic carbocycles. The van der Waals surface area contributed by atoms with Gasteiger partial charge in [-0.2, -0.15) is 0 Å². The maximum absolute atomic E-state index is 3.40. The molecule has 1 aliphatic rings. The van der Waals surface area contributed by atoms with Crippen LogP contribution in [0.25, 0.3) is 0 Å². The van der Waals surface area contributed by atoms with E-state index in [-0.39, 0.29) is 0 Å². The Morgan fingerprint density at radius 2 is 2.38 bits per heavy atom. The Kier molecular flexibility index (Phi) is 2.12. The van der Waals surface area contributed by atoms with Crippen LogP contribution < -0.4 is 0 Å². The molecular weight excluding hydrogens is 164 g/mol. The first-order valence-corrected chi connectivity index (χ1v) is 4.18. The van der Waals surface area contributed by atoms with Gasteiger partial charge >= 0.3 is 0 Å². The number of alkyl halides is 1. The number of hydrogen-bond donors (Lipinski definition) is 0. The Hall–Kier alpha value is 0.220. The number of allylic oxidation sites excluding steroid dienone is 2. The zero-order chi connectivity index (χ0) is 5.98. The topological polar surface area (TPSA) is 0 Å². The van der Waals surface area contributed by atoms with Gasteiger partial charge in [0.1, 0.15) is 0 Å². The molecule has 1 heteroatoms. The lowest BCUT2D eigenvalue weighted by molar-refractivity contribution is 1.09. The van der Waals surface area contributed by atoms with Crippen LogP contribution in [-0.4, -0.2) is 5.33 Å². The van der Waals surface area contributed by atoms with Gasteiger partial charge in [-0.05, 0) is 25.7 Å². The van der Waals surface area contributed by atoms with E-state index < -0.39 is 0 Å². The Bertz CT molecular complexity index is 101. The van der Waals surface area contributed by atoms with Crippen molar-refractivity contribution in [2.45, 2.75) is 19.8 Å². The van der Waals surface area contributed by atoms with Crippen molar-refractivity contribution in [1.82, 2.24) is 0 Å². The minimum absolute atomic E-state index is 0.938. The van der Waals surface area contributed by atoms with Crippen molar-refractivity contribution in [2.75, 3.05) is 5.33 Å². The van der Waals surface area contributed by atoms with Gasteiger partial charge in [-0.25, -0.2) is 0 Å². The molecule has 1 rings (SSSR count). The molecule has 0 spiro atoms. The molecule has 0 nitrogen and oxygen atoms in total. The number of hydrogen-bond acceptors (Lipinski definition) is 0. The molecule has 0 N–H and O–H groups in total. The Labute approximate surface area is 59.1 Å². The van der Waals surface area contributed by atoms with Crippen molar-refractivity contribution in [3.05, 3.63) is 11.6 Å².